The van der Waals surface area contributed by atoms with Gasteiger partial charge >= 0.3 is 0 Å². The summed E-state index contributed by atoms with van der Waals surface area (Å²) in [5.41, 5.74) is 4.51. The van der Waals surface area contributed by atoms with Gasteiger partial charge in [-0.15, -0.1) is 0 Å². The molecule has 5 rings (SSSR count). The van der Waals surface area contributed by atoms with Crippen molar-refractivity contribution in [2.45, 2.75) is 13.1 Å². The first kappa shape index (κ1) is 14.8. The molecule has 0 bridgehead atoms. The van der Waals surface area contributed by atoms with Crippen LogP contribution in [0.5, 0.6) is 0 Å². The van der Waals surface area contributed by atoms with Gasteiger partial charge in [-0.3, -0.25) is 9.48 Å². The van der Waals surface area contributed by atoms with Crippen LogP contribution in [0.4, 0.5) is 5.82 Å². The maximum Gasteiger partial charge on any atom is 0.258 e. The zero-order valence-corrected chi connectivity index (χ0v) is 14.2. The number of nitrogens with zero attached hydrogens (tertiary/aromatic N) is 5. The Hall–Kier alpha value is -3.48. The molecule has 0 saturated carbocycles. The molecule has 0 unspecified atom stereocenters. The van der Waals surface area contributed by atoms with Crippen molar-refractivity contribution < 1.29 is 0 Å². The summed E-state index contributed by atoms with van der Waals surface area (Å²) >= 11 is 0. The van der Waals surface area contributed by atoms with E-state index in [-0.39, 0.29) is 5.56 Å². The van der Waals surface area contributed by atoms with Crippen LogP contribution in [0.3, 0.4) is 0 Å². The molecule has 0 radical (unpaired) electrons. The van der Waals surface area contributed by atoms with Crippen LogP contribution in [-0.4, -0.2) is 24.7 Å². The van der Waals surface area contributed by atoms with Crippen LogP contribution in [0.15, 0.2) is 53.8 Å². The zero-order chi connectivity index (χ0) is 17.7. The monoisotopic (exact) mass is 344 g/mol. The van der Waals surface area contributed by atoms with Crippen LogP contribution >= 0.6 is 0 Å². The van der Waals surface area contributed by atoms with E-state index in [1.54, 1.807) is 10.9 Å². The Morgan fingerprint density at radius 3 is 2.62 bits per heavy atom. The molecule has 0 spiro atoms. The maximum absolute atomic E-state index is 12.4. The van der Waals surface area contributed by atoms with Crippen LogP contribution in [0.25, 0.3) is 22.2 Å². The van der Waals surface area contributed by atoms with Gasteiger partial charge in [-0.25, -0.2) is 9.97 Å². The predicted octanol–water partition coefficient (Wildman–Crippen LogP) is 2.24. The molecule has 4 aromatic rings. The first-order chi connectivity index (χ1) is 12.7. The molecule has 1 aromatic carbocycles. The number of fused-ring (bicyclic) bond motifs is 2. The van der Waals surface area contributed by atoms with Crippen LogP contribution in [0.2, 0.25) is 0 Å². The van der Waals surface area contributed by atoms with E-state index in [0.717, 1.165) is 24.5 Å². The Bertz CT molecular complexity index is 1170. The Morgan fingerprint density at radius 2 is 1.92 bits per heavy atom. The van der Waals surface area contributed by atoms with Crippen molar-refractivity contribution in [2.24, 2.45) is 7.05 Å². The van der Waals surface area contributed by atoms with Crippen LogP contribution in [-0.2, 0) is 20.1 Å². The average Bonchev–Trinajstić information content (AvgIpc) is 3.27. The number of benzene rings is 1. The predicted molar refractivity (Wildman–Crippen MR) is 98.7 cm³/mol. The summed E-state index contributed by atoms with van der Waals surface area (Å²) in [6.45, 7) is 1.55. The van der Waals surface area contributed by atoms with Crippen molar-refractivity contribution in [3.05, 3.63) is 70.5 Å². The first-order valence-corrected chi connectivity index (χ1v) is 8.38. The smallest absolute Gasteiger partial charge is 0.258 e. The lowest BCUT2D eigenvalue weighted by Crippen LogP contribution is -2.17. The fourth-order valence-electron chi connectivity index (χ4n) is 3.46. The third kappa shape index (κ3) is 2.28. The minimum atomic E-state index is -0.166. The van der Waals surface area contributed by atoms with Crippen LogP contribution in [0.1, 0.15) is 11.1 Å². The van der Waals surface area contributed by atoms with Crippen LogP contribution in [0, 0.1) is 0 Å². The Labute approximate surface area is 149 Å². The number of H-pyrrole nitrogens is 1. The van der Waals surface area contributed by atoms with Gasteiger partial charge in [0.1, 0.15) is 17.0 Å². The summed E-state index contributed by atoms with van der Waals surface area (Å²) in [5, 5.41) is 4.77. The lowest BCUT2D eigenvalue weighted by Gasteiger charge is -2.18. The Morgan fingerprint density at radius 1 is 1.15 bits per heavy atom. The van der Waals surface area contributed by atoms with Crippen molar-refractivity contribution in [3.8, 4) is 11.3 Å². The number of anilines is 1. The highest BCUT2D eigenvalue weighted by Crippen LogP contribution is 2.31. The highest BCUT2D eigenvalue weighted by molar-refractivity contribution is 5.92. The maximum atomic E-state index is 12.4. The van der Waals surface area contributed by atoms with Crippen molar-refractivity contribution in [1.29, 1.82) is 0 Å². The normalized spacial score (nSPS) is 13.3. The van der Waals surface area contributed by atoms with Gasteiger partial charge in [-0.2, -0.15) is 5.10 Å². The lowest BCUT2D eigenvalue weighted by atomic mass is 10.1. The van der Waals surface area contributed by atoms with E-state index in [4.69, 9.17) is 4.98 Å². The van der Waals surface area contributed by atoms with Crippen molar-refractivity contribution in [3.63, 3.8) is 0 Å². The Balaban J connectivity index is 1.70. The highest BCUT2D eigenvalue weighted by atomic mass is 16.1. The van der Waals surface area contributed by atoms with Gasteiger partial charge in [0.2, 0.25) is 0 Å². The topological polar surface area (TPSA) is 79.7 Å². The number of aromatic amines is 1. The van der Waals surface area contributed by atoms with E-state index >= 15 is 0 Å². The van der Waals surface area contributed by atoms with Crippen LogP contribution < -0.4 is 10.5 Å². The number of rotatable bonds is 2. The second-order valence-corrected chi connectivity index (χ2v) is 6.48. The molecule has 0 amide bonds. The van der Waals surface area contributed by atoms with Gasteiger partial charge in [0, 0.05) is 31.9 Å². The summed E-state index contributed by atoms with van der Waals surface area (Å²) in [4.78, 5) is 26.4. The largest absolute Gasteiger partial charge is 0.348 e. The first-order valence-electron chi connectivity index (χ1n) is 8.38. The summed E-state index contributed by atoms with van der Waals surface area (Å²) < 4.78 is 1.72. The molecule has 1 aliphatic heterocycles. The molecule has 26 heavy (non-hydrogen) atoms. The number of aryl methyl sites for hydroxylation is 1. The molecule has 128 valence electrons. The Kier molecular flexibility index (Phi) is 3.15. The molecule has 1 aliphatic rings. The van der Waals surface area contributed by atoms with Crippen molar-refractivity contribution >= 4 is 16.7 Å². The molecule has 0 saturated heterocycles. The van der Waals surface area contributed by atoms with Gasteiger partial charge in [0.15, 0.2) is 0 Å². The number of nitrogens with one attached hydrogen (secondary N) is 1. The highest BCUT2D eigenvalue weighted by Gasteiger charge is 2.22. The van der Waals surface area contributed by atoms with Gasteiger partial charge in [0.25, 0.3) is 5.56 Å². The van der Waals surface area contributed by atoms with Crippen molar-refractivity contribution in [1.82, 2.24) is 24.7 Å². The molecular formula is C19H16N6O. The molecule has 0 fully saturated rings. The SMILES string of the molecule is Cn1cc(-c2nc(N3Cc4ccccc4C3)cc3c(=O)[nH]cnc23)cn1. The molecule has 0 atom stereocenters. The summed E-state index contributed by atoms with van der Waals surface area (Å²) in [5.74, 6) is 0.769. The minimum absolute atomic E-state index is 0.166. The van der Waals surface area contributed by atoms with E-state index in [0.29, 0.717) is 16.6 Å². The third-order valence-corrected chi connectivity index (χ3v) is 4.76. The average molecular weight is 344 g/mol. The van der Waals surface area contributed by atoms with E-state index in [1.807, 2.05) is 31.4 Å². The number of hydrogen-bond acceptors (Lipinski definition) is 5. The summed E-state index contributed by atoms with van der Waals surface area (Å²) in [7, 11) is 1.85. The molecular weight excluding hydrogens is 328 g/mol. The molecule has 3 aromatic heterocycles. The van der Waals surface area contributed by atoms with Gasteiger partial charge in [-0.1, -0.05) is 24.3 Å². The standard InChI is InChI=1S/C19H16N6O/c1-24-8-14(7-22-24)17-18-15(19(26)21-11-20-18)6-16(23-17)25-9-12-4-2-3-5-13(12)10-25/h2-8,11H,9-10H2,1H3,(H,20,21,26). The van der Waals surface area contributed by atoms with Gasteiger partial charge < -0.3 is 9.88 Å². The minimum Gasteiger partial charge on any atom is -0.348 e. The van der Waals surface area contributed by atoms with E-state index < -0.39 is 0 Å². The fraction of sp³-hybridized carbons (Fsp3) is 0.158. The summed E-state index contributed by atoms with van der Waals surface area (Å²) in [6, 6.07) is 10.2. The second kappa shape index (κ2) is 5.52. The third-order valence-electron chi connectivity index (χ3n) is 4.76. The van der Waals surface area contributed by atoms with Gasteiger partial charge in [-0.05, 0) is 17.2 Å². The number of aromatic nitrogens is 5. The lowest BCUT2D eigenvalue weighted by molar-refractivity contribution is 0.768. The molecule has 7 heteroatoms. The number of pyridine rings is 1. The van der Waals surface area contributed by atoms with E-state index in [9.17, 15) is 4.79 Å². The molecule has 0 aliphatic carbocycles. The summed E-state index contributed by atoms with van der Waals surface area (Å²) in [6.07, 6.45) is 5.04. The van der Waals surface area contributed by atoms with E-state index in [1.165, 1.54) is 17.5 Å². The van der Waals surface area contributed by atoms with Gasteiger partial charge in [0.05, 0.1) is 17.9 Å². The number of hydrogen-bond donors (Lipinski definition) is 1. The fourth-order valence-corrected chi connectivity index (χ4v) is 3.46. The van der Waals surface area contributed by atoms with E-state index in [2.05, 4.69) is 32.1 Å². The molecule has 4 heterocycles. The molecule has 7 nitrogen and oxygen atoms in total. The van der Waals surface area contributed by atoms with Crippen molar-refractivity contribution in [2.75, 3.05) is 4.90 Å². The quantitative estimate of drug-likeness (QED) is 0.603. The molecule has 1 N–H and O–H groups in total. The zero-order valence-electron chi connectivity index (χ0n) is 14.2. The second-order valence-electron chi connectivity index (χ2n) is 6.48.